The number of carbonyl (C=O) groups excluding carboxylic acids is 1. The molecular formula is C5H11O3Si. The second-order valence-electron chi connectivity index (χ2n) is 1.52. The van der Waals surface area contributed by atoms with Gasteiger partial charge in [-0.2, -0.15) is 0 Å². The molecule has 1 radical (unpaired) electrons. The van der Waals surface area contributed by atoms with E-state index in [-0.39, 0.29) is 5.97 Å². The summed E-state index contributed by atoms with van der Waals surface area (Å²) in [5.41, 5.74) is 0. The van der Waals surface area contributed by atoms with E-state index >= 15 is 0 Å². The van der Waals surface area contributed by atoms with Crippen molar-refractivity contribution in [1.29, 1.82) is 0 Å². The molecule has 4 heteroatoms. The van der Waals surface area contributed by atoms with Gasteiger partial charge in [-0.1, -0.05) is 0 Å². The Hall–Kier alpha value is -0.353. The molecule has 0 aliphatic carbocycles. The molecule has 0 rings (SSSR count). The van der Waals surface area contributed by atoms with Gasteiger partial charge in [0.2, 0.25) is 0 Å². The minimum absolute atomic E-state index is 0.264. The van der Waals surface area contributed by atoms with Crippen molar-refractivity contribution in [3.05, 3.63) is 0 Å². The van der Waals surface area contributed by atoms with Crippen molar-refractivity contribution in [2.24, 2.45) is 0 Å². The fourth-order valence-corrected chi connectivity index (χ4v) is 1.31. The lowest BCUT2D eigenvalue weighted by atomic mass is 10.9. The zero-order chi connectivity index (χ0) is 7.28. The molecule has 0 amide bonds. The maximum Gasteiger partial charge on any atom is 0.456 e. The Morgan fingerprint density at radius 3 is 2.56 bits per heavy atom. The average Bonchev–Trinajstić information content (AvgIpc) is 1.63. The first-order chi connectivity index (χ1) is 4.16. The summed E-state index contributed by atoms with van der Waals surface area (Å²) >= 11 is 0. The lowest BCUT2D eigenvalue weighted by Gasteiger charge is -2.06. The maximum atomic E-state index is 10.3. The maximum absolute atomic E-state index is 10.3. The van der Waals surface area contributed by atoms with Crippen LogP contribution in [0.25, 0.3) is 0 Å². The topological polar surface area (TPSA) is 35.5 Å². The van der Waals surface area contributed by atoms with Gasteiger partial charge >= 0.3 is 9.28 Å². The normalized spacial score (nSPS) is 9.78. The van der Waals surface area contributed by atoms with Crippen LogP contribution in [-0.4, -0.2) is 21.9 Å². The third-order valence-electron chi connectivity index (χ3n) is 0.635. The zero-order valence-corrected chi connectivity index (χ0v) is 6.93. The quantitative estimate of drug-likeness (QED) is 0.551. The van der Waals surface area contributed by atoms with E-state index in [9.17, 15) is 4.79 Å². The minimum Gasteiger partial charge on any atom is -0.492 e. The van der Waals surface area contributed by atoms with Crippen LogP contribution < -0.4 is 0 Å². The molecule has 0 aromatic rings. The molecule has 9 heavy (non-hydrogen) atoms. The summed E-state index contributed by atoms with van der Waals surface area (Å²) in [6, 6.07) is 0. The second kappa shape index (κ2) is 4.52. The lowest BCUT2D eigenvalue weighted by Crippen LogP contribution is -2.20. The van der Waals surface area contributed by atoms with E-state index in [1.807, 2.05) is 6.92 Å². The van der Waals surface area contributed by atoms with Crippen LogP contribution >= 0.6 is 0 Å². The first kappa shape index (κ1) is 8.65. The molecule has 0 unspecified atom stereocenters. The van der Waals surface area contributed by atoms with Crippen LogP contribution in [0.4, 0.5) is 0 Å². The smallest absolute Gasteiger partial charge is 0.456 e. The number of carbonyl (C=O) groups is 1. The van der Waals surface area contributed by atoms with E-state index in [0.717, 1.165) is 0 Å². The molecule has 0 N–H and O–H groups in total. The molecule has 0 bridgehead atoms. The van der Waals surface area contributed by atoms with Gasteiger partial charge in [0.25, 0.3) is 5.97 Å². The Labute approximate surface area is 56.8 Å². The van der Waals surface area contributed by atoms with E-state index in [0.29, 0.717) is 6.61 Å². The Bertz CT molecular complexity index is 94.2. The van der Waals surface area contributed by atoms with Crippen LogP contribution in [0, 0.1) is 0 Å². The van der Waals surface area contributed by atoms with Gasteiger partial charge in [-0.25, -0.2) is 0 Å². The standard InChI is InChI=1S/C5H11O3Si/c1-4-7-9(3)8-5(2)6/h4H2,1-3H3. The van der Waals surface area contributed by atoms with Crippen LogP contribution in [-0.2, 0) is 13.6 Å². The molecule has 0 aromatic carbocycles. The molecule has 0 fully saturated rings. The molecule has 0 saturated heterocycles. The molecule has 0 heterocycles. The van der Waals surface area contributed by atoms with Crippen LogP contribution in [0.15, 0.2) is 0 Å². The third kappa shape index (κ3) is 5.52. The number of hydrogen-bond acceptors (Lipinski definition) is 3. The van der Waals surface area contributed by atoms with Gasteiger partial charge < -0.3 is 8.85 Å². The van der Waals surface area contributed by atoms with E-state index in [1.165, 1.54) is 6.92 Å². The van der Waals surface area contributed by atoms with E-state index in [1.54, 1.807) is 6.55 Å². The van der Waals surface area contributed by atoms with Crippen molar-refractivity contribution < 1.29 is 13.6 Å². The Balaban J connectivity index is 3.26. The lowest BCUT2D eigenvalue weighted by molar-refractivity contribution is -0.133. The Morgan fingerprint density at radius 1 is 1.67 bits per heavy atom. The van der Waals surface area contributed by atoms with Crippen molar-refractivity contribution >= 4 is 15.3 Å². The number of rotatable bonds is 3. The highest BCUT2D eigenvalue weighted by molar-refractivity contribution is 6.44. The Morgan fingerprint density at radius 2 is 2.22 bits per heavy atom. The summed E-state index contributed by atoms with van der Waals surface area (Å²) in [6.07, 6.45) is 0. The van der Waals surface area contributed by atoms with Crippen LogP contribution in [0.1, 0.15) is 13.8 Å². The Kier molecular flexibility index (Phi) is 4.34. The van der Waals surface area contributed by atoms with Gasteiger partial charge in [0.1, 0.15) is 0 Å². The summed E-state index contributed by atoms with van der Waals surface area (Å²) in [5, 5.41) is 0. The molecule has 0 aliphatic heterocycles. The van der Waals surface area contributed by atoms with Gasteiger partial charge in [0, 0.05) is 13.5 Å². The monoisotopic (exact) mass is 147 g/mol. The van der Waals surface area contributed by atoms with Gasteiger partial charge in [-0.05, 0) is 13.5 Å². The second-order valence-corrected chi connectivity index (χ2v) is 2.99. The predicted octanol–water partition coefficient (Wildman–Crippen LogP) is 0.704. The molecule has 0 spiro atoms. The highest BCUT2D eigenvalue weighted by Crippen LogP contribution is 1.87. The highest BCUT2D eigenvalue weighted by Gasteiger charge is 2.09. The van der Waals surface area contributed by atoms with Crippen molar-refractivity contribution in [3.63, 3.8) is 0 Å². The summed E-state index contributed by atoms with van der Waals surface area (Å²) in [6.45, 7) is 5.65. The van der Waals surface area contributed by atoms with Crippen LogP contribution in [0.3, 0.4) is 0 Å². The molecule has 0 atom stereocenters. The van der Waals surface area contributed by atoms with E-state index in [4.69, 9.17) is 8.85 Å². The molecule has 3 nitrogen and oxygen atoms in total. The fourth-order valence-electron chi connectivity index (χ4n) is 0.435. The van der Waals surface area contributed by atoms with Crippen molar-refractivity contribution in [2.45, 2.75) is 20.4 Å². The van der Waals surface area contributed by atoms with Gasteiger partial charge in [0.15, 0.2) is 0 Å². The van der Waals surface area contributed by atoms with Crippen molar-refractivity contribution in [1.82, 2.24) is 0 Å². The molecular weight excluding hydrogens is 136 g/mol. The molecule has 53 valence electrons. The largest absolute Gasteiger partial charge is 0.492 e. The van der Waals surface area contributed by atoms with Crippen LogP contribution in [0.2, 0.25) is 6.55 Å². The molecule has 0 aliphatic rings. The van der Waals surface area contributed by atoms with Gasteiger partial charge in [-0.3, -0.25) is 4.79 Å². The highest BCUT2D eigenvalue weighted by atomic mass is 28.3. The summed E-state index contributed by atoms with van der Waals surface area (Å²) in [7, 11) is -1.29. The van der Waals surface area contributed by atoms with Crippen molar-refractivity contribution in [2.75, 3.05) is 6.61 Å². The van der Waals surface area contributed by atoms with Gasteiger partial charge in [0.05, 0.1) is 0 Å². The summed E-state index contributed by atoms with van der Waals surface area (Å²) < 4.78 is 9.74. The molecule has 0 aromatic heterocycles. The number of hydrogen-bond donors (Lipinski definition) is 0. The van der Waals surface area contributed by atoms with Crippen LogP contribution in [0.5, 0.6) is 0 Å². The van der Waals surface area contributed by atoms with Gasteiger partial charge in [-0.15, -0.1) is 0 Å². The average molecular weight is 147 g/mol. The fraction of sp³-hybridized carbons (Fsp3) is 0.800. The zero-order valence-electron chi connectivity index (χ0n) is 5.93. The van der Waals surface area contributed by atoms with E-state index in [2.05, 4.69) is 0 Å². The van der Waals surface area contributed by atoms with E-state index < -0.39 is 9.28 Å². The summed E-state index contributed by atoms with van der Waals surface area (Å²) in [5.74, 6) is -0.264. The third-order valence-corrected chi connectivity index (χ3v) is 1.91. The minimum atomic E-state index is -1.29. The summed E-state index contributed by atoms with van der Waals surface area (Å²) in [4.78, 5) is 10.3. The first-order valence-electron chi connectivity index (χ1n) is 2.81. The predicted molar refractivity (Wildman–Crippen MR) is 35.0 cm³/mol. The first-order valence-corrected chi connectivity index (χ1v) is 4.63. The molecule has 0 saturated carbocycles. The van der Waals surface area contributed by atoms with Crippen molar-refractivity contribution in [3.8, 4) is 0 Å². The SMILES string of the molecule is CCO[Si](C)OC(C)=O.